The van der Waals surface area contributed by atoms with Gasteiger partial charge in [0, 0.05) is 12.1 Å². The molecule has 0 bridgehead atoms. The van der Waals surface area contributed by atoms with E-state index >= 15 is 0 Å². The monoisotopic (exact) mass is 301 g/mol. The predicted molar refractivity (Wildman–Crippen MR) is 69.4 cm³/mol. The lowest BCUT2D eigenvalue weighted by Gasteiger charge is -2.28. The molecule has 0 spiro atoms. The van der Waals surface area contributed by atoms with E-state index in [2.05, 4.69) is 10.4 Å². The summed E-state index contributed by atoms with van der Waals surface area (Å²) in [5.74, 6) is 0.0945. The molecule has 2 aliphatic rings. The molecule has 116 valence electrons. The zero-order valence-corrected chi connectivity index (χ0v) is 11.6. The van der Waals surface area contributed by atoms with Crippen molar-refractivity contribution >= 4 is 5.91 Å². The van der Waals surface area contributed by atoms with Crippen LogP contribution in [0.2, 0.25) is 0 Å². The molecule has 1 aromatic heterocycles. The first-order chi connectivity index (χ1) is 9.92. The second kappa shape index (κ2) is 5.35. The first kappa shape index (κ1) is 14.4. The Kier molecular flexibility index (Phi) is 3.67. The van der Waals surface area contributed by atoms with Crippen LogP contribution in [0.4, 0.5) is 13.2 Å². The topological polar surface area (TPSA) is 46.9 Å². The van der Waals surface area contributed by atoms with Crippen LogP contribution in [-0.2, 0) is 17.8 Å². The summed E-state index contributed by atoms with van der Waals surface area (Å²) in [7, 11) is 0. The molecular weight excluding hydrogens is 283 g/mol. The molecule has 0 radical (unpaired) electrons. The van der Waals surface area contributed by atoms with E-state index in [0.29, 0.717) is 5.69 Å². The van der Waals surface area contributed by atoms with Crippen LogP contribution in [0.15, 0.2) is 6.20 Å². The van der Waals surface area contributed by atoms with E-state index in [1.54, 1.807) is 0 Å². The fraction of sp³-hybridized carbons (Fsp3) is 0.714. The number of carbonyl (C=O) groups excluding carboxylic acids is 1. The van der Waals surface area contributed by atoms with Crippen molar-refractivity contribution in [1.29, 1.82) is 0 Å². The van der Waals surface area contributed by atoms with E-state index in [1.807, 2.05) is 0 Å². The molecule has 1 heterocycles. The average Bonchev–Trinajstić information content (AvgIpc) is 2.67. The maximum absolute atomic E-state index is 12.4. The Bertz CT molecular complexity index is 534. The number of fused-ring (bicyclic) bond motifs is 1. The van der Waals surface area contributed by atoms with Gasteiger partial charge in [0.2, 0.25) is 5.91 Å². The number of amides is 1. The molecule has 0 unspecified atom stereocenters. The van der Waals surface area contributed by atoms with Crippen molar-refractivity contribution in [2.75, 3.05) is 0 Å². The van der Waals surface area contributed by atoms with Gasteiger partial charge in [0.25, 0.3) is 0 Å². The summed E-state index contributed by atoms with van der Waals surface area (Å²) in [5.41, 5.74) is 1.43. The molecule has 1 atom stereocenters. The molecule has 4 nitrogen and oxygen atoms in total. The van der Waals surface area contributed by atoms with E-state index in [-0.39, 0.29) is 17.9 Å². The standard InChI is InChI=1S/C14H18F3N3O/c15-14(16,17)8-20-7-10-5-2-6-11(12(10)19-20)18-13(21)9-3-1-4-9/h7,9,11H,1-6,8H2,(H,18,21)/t11-/m0/s1. The fourth-order valence-electron chi connectivity index (χ4n) is 2.96. The number of rotatable bonds is 3. The number of halogens is 3. The number of aryl methyl sites for hydroxylation is 1. The Hall–Kier alpha value is -1.53. The average molecular weight is 301 g/mol. The van der Waals surface area contributed by atoms with E-state index in [1.165, 1.54) is 6.20 Å². The van der Waals surface area contributed by atoms with Crippen LogP contribution in [-0.4, -0.2) is 21.9 Å². The molecule has 1 amide bonds. The van der Waals surface area contributed by atoms with Crippen molar-refractivity contribution in [2.24, 2.45) is 5.92 Å². The van der Waals surface area contributed by atoms with Crippen LogP contribution in [0.5, 0.6) is 0 Å². The lowest BCUT2D eigenvalue weighted by atomic mass is 9.84. The van der Waals surface area contributed by atoms with E-state index in [4.69, 9.17) is 0 Å². The fourth-order valence-corrected chi connectivity index (χ4v) is 2.96. The largest absolute Gasteiger partial charge is 0.408 e. The SMILES string of the molecule is O=C(N[C@H]1CCCc2cn(CC(F)(F)F)nc21)C1CCC1. The van der Waals surface area contributed by atoms with Gasteiger partial charge >= 0.3 is 6.18 Å². The third-order valence-corrected chi connectivity index (χ3v) is 4.27. The number of alkyl halides is 3. The molecule has 7 heteroatoms. The minimum absolute atomic E-state index is 0.0180. The van der Waals surface area contributed by atoms with Gasteiger partial charge in [0.05, 0.1) is 11.7 Å². The molecule has 1 N–H and O–H groups in total. The summed E-state index contributed by atoms with van der Waals surface area (Å²) < 4.78 is 38.3. The Morgan fingerprint density at radius 3 is 2.71 bits per heavy atom. The van der Waals surface area contributed by atoms with Crippen LogP contribution in [0.3, 0.4) is 0 Å². The first-order valence-electron chi connectivity index (χ1n) is 7.36. The molecule has 1 fully saturated rings. The predicted octanol–water partition coefficient (Wildman–Crippen LogP) is 2.74. The van der Waals surface area contributed by atoms with Gasteiger partial charge in [-0.15, -0.1) is 0 Å². The third kappa shape index (κ3) is 3.22. The minimum Gasteiger partial charge on any atom is -0.347 e. The van der Waals surface area contributed by atoms with E-state index in [0.717, 1.165) is 48.8 Å². The van der Waals surface area contributed by atoms with Gasteiger partial charge in [0.15, 0.2) is 0 Å². The Morgan fingerprint density at radius 1 is 1.33 bits per heavy atom. The van der Waals surface area contributed by atoms with Gasteiger partial charge in [-0.05, 0) is 37.7 Å². The molecule has 1 saturated carbocycles. The smallest absolute Gasteiger partial charge is 0.347 e. The zero-order valence-electron chi connectivity index (χ0n) is 11.6. The van der Waals surface area contributed by atoms with Crippen LogP contribution in [0.1, 0.15) is 49.4 Å². The zero-order chi connectivity index (χ0) is 15.0. The lowest BCUT2D eigenvalue weighted by molar-refractivity contribution is -0.142. The maximum atomic E-state index is 12.4. The van der Waals surface area contributed by atoms with Crippen molar-refractivity contribution in [2.45, 2.75) is 57.3 Å². The van der Waals surface area contributed by atoms with Crippen molar-refractivity contribution in [3.8, 4) is 0 Å². The Labute approximate surface area is 120 Å². The highest BCUT2D eigenvalue weighted by atomic mass is 19.4. The highest BCUT2D eigenvalue weighted by Crippen LogP contribution is 2.32. The summed E-state index contributed by atoms with van der Waals surface area (Å²) in [5, 5.41) is 7.01. The number of carbonyl (C=O) groups is 1. The van der Waals surface area contributed by atoms with Gasteiger partial charge in [-0.25, -0.2) is 0 Å². The van der Waals surface area contributed by atoms with Crippen LogP contribution in [0.25, 0.3) is 0 Å². The summed E-state index contributed by atoms with van der Waals surface area (Å²) in [6, 6.07) is -0.240. The summed E-state index contributed by atoms with van der Waals surface area (Å²) in [4.78, 5) is 12.0. The summed E-state index contributed by atoms with van der Waals surface area (Å²) in [6.07, 6.45) is 2.41. The number of hydrogen-bond donors (Lipinski definition) is 1. The number of nitrogens with zero attached hydrogens (tertiary/aromatic N) is 2. The van der Waals surface area contributed by atoms with Gasteiger partial charge in [-0.1, -0.05) is 6.42 Å². The second-order valence-electron chi connectivity index (χ2n) is 5.93. The van der Waals surface area contributed by atoms with Gasteiger partial charge < -0.3 is 5.32 Å². The third-order valence-electron chi connectivity index (χ3n) is 4.27. The quantitative estimate of drug-likeness (QED) is 0.933. The second-order valence-corrected chi connectivity index (χ2v) is 5.93. The van der Waals surface area contributed by atoms with Crippen LogP contribution < -0.4 is 5.32 Å². The van der Waals surface area contributed by atoms with Gasteiger partial charge in [0.1, 0.15) is 6.54 Å². The van der Waals surface area contributed by atoms with Crippen molar-refractivity contribution in [3.05, 3.63) is 17.5 Å². The molecule has 3 rings (SSSR count). The van der Waals surface area contributed by atoms with Gasteiger partial charge in [-0.3, -0.25) is 9.48 Å². The molecule has 21 heavy (non-hydrogen) atoms. The molecular formula is C14H18F3N3O. The normalized spacial score (nSPS) is 22.5. The molecule has 2 aliphatic carbocycles. The highest BCUT2D eigenvalue weighted by Gasteiger charge is 2.33. The molecule has 1 aromatic rings. The Balaban J connectivity index is 1.72. The van der Waals surface area contributed by atoms with E-state index in [9.17, 15) is 18.0 Å². The maximum Gasteiger partial charge on any atom is 0.408 e. The first-order valence-corrected chi connectivity index (χ1v) is 7.36. The van der Waals surface area contributed by atoms with Crippen LogP contribution >= 0.6 is 0 Å². The minimum atomic E-state index is -4.28. The van der Waals surface area contributed by atoms with E-state index < -0.39 is 12.7 Å². The number of hydrogen-bond acceptors (Lipinski definition) is 2. The summed E-state index contributed by atoms with van der Waals surface area (Å²) >= 11 is 0. The Morgan fingerprint density at radius 2 is 2.10 bits per heavy atom. The van der Waals surface area contributed by atoms with Crippen LogP contribution in [0, 0.1) is 5.92 Å². The van der Waals surface area contributed by atoms with Crippen molar-refractivity contribution in [1.82, 2.24) is 15.1 Å². The molecule has 0 aromatic carbocycles. The summed E-state index contributed by atoms with van der Waals surface area (Å²) in [6.45, 7) is -1.08. The lowest BCUT2D eigenvalue weighted by Crippen LogP contribution is -2.38. The van der Waals surface area contributed by atoms with Crippen molar-refractivity contribution < 1.29 is 18.0 Å². The van der Waals surface area contributed by atoms with Crippen molar-refractivity contribution in [3.63, 3.8) is 0 Å². The number of aromatic nitrogens is 2. The number of nitrogens with one attached hydrogen (secondary N) is 1. The molecule has 0 saturated heterocycles. The highest BCUT2D eigenvalue weighted by molar-refractivity contribution is 5.79. The van der Waals surface area contributed by atoms with Gasteiger partial charge in [-0.2, -0.15) is 18.3 Å². The molecule has 0 aliphatic heterocycles.